The molecule has 8 heteroatoms. The minimum Gasteiger partial charge on any atom is -0.494 e. The number of nitrogens with one attached hydrogen (secondary N) is 1. The Labute approximate surface area is 198 Å². The van der Waals surface area contributed by atoms with E-state index in [9.17, 15) is 4.79 Å². The van der Waals surface area contributed by atoms with Gasteiger partial charge in [-0.05, 0) is 49.9 Å². The number of hydrogen-bond donors (Lipinski definition) is 1. The summed E-state index contributed by atoms with van der Waals surface area (Å²) in [7, 11) is 2.08. The summed E-state index contributed by atoms with van der Waals surface area (Å²) < 4.78 is 5.58. The average Bonchev–Trinajstić information content (AvgIpc) is 3.28. The van der Waals surface area contributed by atoms with Gasteiger partial charge in [0.1, 0.15) is 17.3 Å². The van der Waals surface area contributed by atoms with Gasteiger partial charge in [-0.2, -0.15) is 0 Å². The highest BCUT2D eigenvalue weighted by molar-refractivity contribution is 5.98. The maximum Gasteiger partial charge on any atom is 0.270 e. The fraction of sp³-hybridized carbons (Fsp3) is 0.308. The van der Waals surface area contributed by atoms with Gasteiger partial charge in [0, 0.05) is 62.0 Å². The highest BCUT2D eigenvalue weighted by Crippen LogP contribution is 2.22. The molecule has 4 heterocycles. The second-order valence-electron chi connectivity index (χ2n) is 8.54. The van der Waals surface area contributed by atoms with Gasteiger partial charge in [0.15, 0.2) is 0 Å². The van der Waals surface area contributed by atoms with E-state index in [1.807, 2.05) is 48.2 Å². The van der Waals surface area contributed by atoms with Gasteiger partial charge >= 0.3 is 0 Å². The van der Waals surface area contributed by atoms with Crippen LogP contribution in [0.5, 0.6) is 5.75 Å². The van der Waals surface area contributed by atoms with Gasteiger partial charge < -0.3 is 19.5 Å². The zero-order valence-electron chi connectivity index (χ0n) is 19.5. The number of rotatable bonds is 6. The lowest BCUT2D eigenvalue weighted by molar-refractivity contribution is 0.0659. The number of nitrogens with zero attached hydrogens (tertiary/aromatic N) is 5. The Morgan fingerprint density at radius 1 is 1.00 bits per heavy atom. The lowest BCUT2D eigenvalue weighted by Gasteiger charge is -2.32. The minimum atomic E-state index is 0.0590. The maximum absolute atomic E-state index is 12.9. The first-order chi connectivity index (χ1) is 16.6. The molecular formula is C26H28N6O2. The number of ether oxygens (including phenoxy) is 1. The van der Waals surface area contributed by atoms with Crippen LogP contribution in [0, 0.1) is 0 Å². The van der Waals surface area contributed by atoms with Crippen LogP contribution in [0.25, 0.3) is 22.3 Å². The first kappa shape index (κ1) is 22.0. The number of hydrogen-bond acceptors (Lipinski definition) is 6. The summed E-state index contributed by atoms with van der Waals surface area (Å²) in [6, 6.07) is 13.7. The molecule has 1 fully saturated rings. The van der Waals surface area contributed by atoms with Crippen molar-refractivity contribution in [1.29, 1.82) is 0 Å². The number of likely N-dealkylation sites (N-methyl/N-ethyl adjacent to an activating group) is 1. The average molecular weight is 457 g/mol. The van der Waals surface area contributed by atoms with Crippen molar-refractivity contribution in [2.24, 2.45) is 0 Å². The van der Waals surface area contributed by atoms with Gasteiger partial charge in [-0.15, -0.1) is 0 Å². The predicted molar refractivity (Wildman–Crippen MR) is 131 cm³/mol. The molecule has 1 amide bonds. The number of carbonyl (C=O) groups excluding carboxylic acids is 1. The van der Waals surface area contributed by atoms with E-state index in [0.717, 1.165) is 59.8 Å². The van der Waals surface area contributed by atoms with Crippen LogP contribution in [0.4, 0.5) is 0 Å². The molecule has 1 saturated heterocycles. The van der Waals surface area contributed by atoms with Crippen molar-refractivity contribution in [3.8, 4) is 17.1 Å². The lowest BCUT2D eigenvalue weighted by atomic mass is 10.1. The Morgan fingerprint density at radius 3 is 2.65 bits per heavy atom. The van der Waals surface area contributed by atoms with E-state index >= 15 is 0 Å². The third kappa shape index (κ3) is 4.77. The number of pyridine rings is 1. The molecule has 34 heavy (non-hydrogen) atoms. The molecule has 0 saturated carbocycles. The van der Waals surface area contributed by atoms with E-state index in [-0.39, 0.29) is 5.91 Å². The second kappa shape index (κ2) is 9.61. The maximum atomic E-state index is 12.9. The molecule has 4 aromatic rings. The monoisotopic (exact) mass is 456 g/mol. The fourth-order valence-electron chi connectivity index (χ4n) is 4.20. The molecule has 8 nitrogen and oxygen atoms in total. The summed E-state index contributed by atoms with van der Waals surface area (Å²) in [5, 5.41) is 1.01. The highest BCUT2D eigenvalue weighted by atomic mass is 16.5. The summed E-state index contributed by atoms with van der Waals surface area (Å²) in [5.74, 6) is 1.54. The molecule has 0 atom stereocenters. The van der Waals surface area contributed by atoms with Crippen LogP contribution in [0.2, 0.25) is 0 Å². The van der Waals surface area contributed by atoms with E-state index in [1.165, 1.54) is 0 Å². The van der Waals surface area contributed by atoms with Crippen molar-refractivity contribution < 1.29 is 9.53 Å². The topological polar surface area (TPSA) is 87.2 Å². The number of benzene rings is 1. The van der Waals surface area contributed by atoms with Crippen molar-refractivity contribution in [3.63, 3.8) is 0 Å². The summed E-state index contributed by atoms with van der Waals surface area (Å²) in [5.41, 5.74) is 4.18. The Bertz CT molecular complexity index is 1310. The molecule has 0 spiro atoms. The number of carbonyl (C=O) groups is 1. The molecule has 1 aromatic carbocycles. The second-order valence-corrected chi connectivity index (χ2v) is 8.54. The number of aromatic amines is 1. The molecule has 1 aliphatic heterocycles. The first-order valence-corrected chi connectivity index (χ1v) is 11.6. The summed E-state index contributed by atoms with van der Waals surface area (Å²) >= 11 is 0. The van der Waals surface area contributed by atoms with Crippen LogP contribution >= 0.6 is 0 Å². The zero-order chi connectivity index (χ0) is 23.5. The molecule has 3 aromatic heterocycles. The van der Waals surface area contributed by atoms with Gasteiger partial charge in [-0.3, -0.25) is 9.78 Å². The molecule has 1 N–H and O–H groups in total. The largest absolute Gasteiger partial charge is 0.494 e. The lowest BCUT2D eigenvalue weighted by Crippen LogP contribution is -2.47. The SMILES string of the molecule is CCOc1ccnc(-c2ccnc(Cc3ccc4[nH]c(C(=O)N5CCN(C)CC5)cc4c3)n2)c1. The van der Waals surface area contributed by atoms with E-state index < -0.39 is 0 Å². The number of aromatic nitrogens is 4. The van der Waals surface area contributed by atoms with E-state index in [1.54, 1.807) is 12.4 Å². The number of amides is 1. The highest BCUT2D eigenvalue weighted by Gasteiger charge is 2.21. The fourth-order valence-corrected chi connectivity index (χ4v) is 4.20. The van der Waals surface area contributed by atoms with Crippen LogP contribution in [-0.4, -0.2) is 75.5 Å². The normalized spacial score (nSPS) is 14.5. The van der Waals surface area contributed by atoms with Crippen molar-refractivity contribution >= 4 is 16.8 Å². The summed E-state index contributed by atoms with van der Waals surface area (Å²) in [4.78, 5) is 34.0. The smallest absolute Gasteiger partial charge is 0.270 e. The van der Waals surface area contributed by atoms with Crippen LogP contribution < -0.4 is 4.74 Å². The zero-order valence-corrected chi connectivity index (χ0v) is 19.5. The Hall–Kier alpha value is -3.78. The van der Waals surface area contributed by atoms with Gasteiger partial charge in [-0.1, -0.05) is 6.07 Å². The molecule has 0 bridgehead atoms. The van der Waals surface area contributed by atoms with E-state index in [4.69, 9.17) is 9.72 Å². The Balaban J connectivity index is 1.34. The minimum absolute atomic E-state index is 0.0590. The molecule has 0 aliphatic carbocycles. The van der Waals surface area contributed by atoms with Crippen molar-refractivity contribution in [3.05, 3.63) is 71.9 Å². The number of fused-ring (bicyclic) bond motifs is 1. The third-order valence-corrected chi connectivity index (χ3v) is 6.08. The standard InChI is InChI=1S/C26H28N6O2/c1-3-34-20-6-8-27-23(17-20)22-7-9-28-25(30-22)15-18-4-5-21-19(14-18)16-24(29-21)26(33)32-12-10-31(2)11-13-32/h4-9,14,16-17,29H,3,10-13,15H2,1-2H3. The third-order valence-electron chi connectivity index (χ3n) is 6.08. The molecule has 1 aliphatic rings. The summed E-state index contributed by atoms with van der Waals surface area (Å²) in [6.07, 6.45) is 4.07. The Kier molecular flexibility index (Phi) is 6.22. The number of H-pyrrole nitrogens is 1. The van der Waals surface area contributed by atoms with Gasteiger partial charge in [-0.25, -0.2) is 9.97 Å². The molecule has 0 unspecified atom stereocenters. The van der Waals surface area contributed by atoms with Crippen LogP contribution in [0.15, 0.2) is 54.9 Å². The number of piperazine rings is 1. The van der Waals surface area contributed by atoms with Crippen molar-refractivity contribution in [2.75, 3.05) is 39.8 Å². The van der Waals surface area contributed by atoms with Gasteiger partial charge in [0.25, 0.3) is 5.91 Å². The van der Waals surface area contributed by atoms with Crippen molar-refractivity contribution in [2.45, 2.75) is 13.3 Å². The van der Waals surface area contributed by atoms with Crippen molar-refractivity contribution in [1.82, 2.24) is 29.7 Å². The first-order valence-electron chi connectivity index (χ1n) is 11.6. The van der Waals surface area contributed by atoms with Crippen LogP contribution in [-0.2, 0) is 6.42 Å². The predicted octanol–water partition coefficient (Wildman–Crippen LogP) is 3.40. The summed E-state index contributed by atoms with van der Waals surface area (Å²) in [6.45, 7) is 5.87. The molecule has 0 radical (unpaired) electrons. The van der Waals surface area contributed by atoms with Gasteiger partial charge in [0.2, 0.25) is 0 Å². The molecular weight excluding hydrogens is 428 g/mol. The van der Waals surface area contributed by atoms with Crippen LogP contribution in [0.1, 0.15) is 28.8 Å². The van der Waals surface area contributed by atoms with Gasteiger partial charge in [0.05, 0.1) is 18.0 Å². The quantitative estimate of drug-likeness (QED) is 0.479. The molecule has 174 valence electrons. The molecule has 5 rings (SSSR count). The van der Waals surface area contributed by atoms with Crippen LogP contribution in [0.3, 0.4) is 0 Å². The Morgan fingerprint density at radius 2 is 1.82 bits per heavy atom. The van der Waals surface area contributed by atoms with E-state index in [0.29, 0.717) is 24.5 Å². The van der Waals surface area contributed by atoms with E-state index in [2.05, 4.69) is 33.0 Å².